The molecular weight excluding hydrogens is 280 g/mol. The second-order valence-electron chi connectivity index (χ2n) is 3.80. The zero-order chi connectivity index (χ0) is 14.4. The number of H-pyrrole nitrogens is 1. The number of nitrogens with zero attached hydrogens (tertiary/aromatic N) is 1. The third-order valence-corrected chi connectivity index (χ3v) is 3.22. The molecule has 20 heavy (non-hydrogen) atoms. The van der Waals surface area contributed by atoms with Crippen LogP contribution >= 0.6 is 11.3 Å². The lowest BCUT2D eigenvalue weighted by Gasteiger charge is -2.05. The van der Waals surface area contributed by atoms with Crippen molar-refractivity contribution in [1.82, 2.24) is 20.8 Å². The van der Waals surface area contributed by atoms with E-state index in [1.54, 1.807) is 12.1 Å². The Hall–Kier alpha value is -2.48. The first-order valence-electron chi connectivity index (χ1n) is 5.82. The number of amides is 2. The zero-order valence-electron chi connectivity index (χ0n) is 10.4. The number of thiophene rings is 1. The van der Waals surface area contributed by atoms with E-state index in [2.05, 4.69) is 20.8 Å². The minimum absolute atomic E-state index is 0.120. The van der Waals surface area contributed by atoms with Crippen molar-refractivity contribution in [2.75, 3.05) is 13.1 Å². The molecule has 0 aliphatic heterocycles. The Balaban J connectivity index is 1.73. The molecule has 3 N–H and O–H groups in total. The molecule has 0 atom stereocenters. The summed E-state index contributed by atoms with van der Waals surface area (Å²) < 4.78 is 0. The number of carbonyl (C=O) groups excluding carboxylic acids is 2. The maximum atomic E-state index is 11.6. The highest BCUT2D eigenvalue weighted by Crippen LogP contribution is 2.07. The molecule has 0 saturated heterocycles. The number of hydrogen-bond donors (Lipinski definition) is 3. The summed E-state index contributed by atoms with van der Waals surface area (Å²) in [4.78, 5) is 34.6. The van der Waals surface area contributed by atoms with Crippen LogP contribution in [-0.4, -0.2) is 35.1 Å². The molecule has 104 valence electrons. The van der Waals surface area contributed by atoms with Crippen molar-refractivity contribution in [3.8, 4) is 0 Å². The Morgan fingerprint density at radius 2 is 1.90 bits per heavy atom. The first-order valence-corrected chi connectivity index (χ1v) is 6.70. The molecule has 2 rings (SSSR count). The average Bonchev–Trinajstić information content (AvgIpc) is 2.98. The highest BCUT2D eigenvalue weighted by atomic mass is 32.1. The van der Waals surface area contributed by atoms with Crippen LogP contribution in [0.3, 0.4) is 0 Å². The van der Waals surface area contributed by atoms with Gasteiger partial charge >= 0.3 is 0 Å². The molecule has 2 heterocycles. The summed E-state index contributed by atoms with van der Waals surface area (Å²) in [5.41, 5.74) is -0.251. The largest absolute Gasteiger partial charge is 0.350 e. The van der Waals surface area contributed by atoms with Gasteiger partial charge in [-0.3, -0.25) is 14.4 Å². The molecule has 2 aromatic heterocycles. The van der Waals surface area contributed by atoms with Gasteiger partial charge in [-0.1, -0.05) is 6.07 Å². The number of rotatable bonds is 5. The van der Waals surface area contributed by atoms with Gasteiger partial charge in [0.05, 0.1) is 4.88 Å². The maximum absolute atomic E-state index is 11.6. The summed E-state index contributed by atoms with van der Waals surface area (Å²) in [7, 11) is 0. The lowest BCUT2D eigenvalue weighted by molar-refractivity contribution is 0.0926. The Morgan fingerprint density at radius 1 is 1.15 bits per heavy atom. The molecule has 0 unspecified atom stereocenters. The predicted octanol–water partition coefficient (Wildman–Crippen LogP) is -0.00880. The van der Waals surface area contributed by atoms with Crippen LogP contribution in [-0.2, 0) is 0 Å². The second-order valence-corrected chi connectivity index (χ2v) is 4.74. The lowest BCUT2D eigenvalue weighted by atomic mass is 10.3. The smallest absolute Gasteiger partial charge is 0.271 e. The van der Waals surface area contributed by atoms with E-state index < -0.39 is 5.91 Å². The van der Waals surface area contributed by atoms with Crippen LogP contribution in [0.4, 0.5) is 0 Å². The molecule has 0 fully saturated rings. The van der Waals surface area contributed by atoms with Gasteiger partial charge in [-0.05, 0) is 17.5 Å². The number of aromatic amines is 1. The monoisotopic (exact) mass is 292 g/mol. The molecule has 0 aromatic carbocycles. The third kappa shape index (κ3) is 3.75. The quantitative estimate of drug-likeness (QED) is 0.674. The Bertz CT molecular complexity index is 630. The summed E-state index contributed by atoms with van der Waals surface area (Å²) in [6.45, 7) is 0.586. The summed E-state index contributed by atoms with van der Waals surface area (Å²) in [6.07, 6.45) is 0. The lowest BCUT2D eigenvalue weighted by Crippen LogP contribution is -2.35. The number of carbonyl (C=O) groups is 2. The van der Waals surface area contributed by atoms with Crippen LogP contribution in [0.25, 0.3) is 0 Å². The molecule has 2 aromatic rings. The summed E-state index contributed by atoms with van der Waals surface area (Å²) >= 11 is 1.35. The van der Waals surface area contributed by atoms with Crippen molar-refractivity contribution < 1.29 is 9.59 Å². The van der Waals surface area contributed by atoms with Crippen LogP contribution in [0.15, 0.2) is 34.4 Å². The van der Waals surface area contributed by atoms with Crippen LogP contribution in [0.5, 0.6) is 0 Å². The van der Waals surface area contributed by atoms with E-state index in [4.69, 9.17) is 0 Å². The Kier molecular flexibility index (Phi) is 4.61. The Morgan fingerprint density at radius 3 is 2.50 bits per heavy atom. The summed E-state index contributed by atoms with van der Waals surface area (Å²) in [6, 6.07) is 6.07. The van der Waals surface area contributed by atoms with Crippen molar-refractivity contribution in [2.24, 2.45) is 0 Å². The van der Waals surface area contributed by atoms with Gasteiger partial charge in [0.15, 0.2) is 0 Å². The Labute approximate surface area is 118 Å². The highest BCUT2D eigenvalue weighted by molar-refractivity contribution is 7.12. The molecule has 2 amide bonds. The van der Waals surface area contributed by atoms with E-state index in [0.717, 1.165) is 0 Å². The SMILES string of the molecule is O=C(NCCNC(=O)c1cccs1)c1ccc(=O)[nH]n1. The topological polar surface area (TPSA) is 104 Å². The molecule has 7 nitrogen and oxygen atoms in total. The molecule has 0 bridgehead atoms. The molecular formula is C12H12N4O3S. The van der Waals surface area contributed by atoms with Gasteiger partial charge in [0.25, 0.3) is 17.4 Å². The van der Waals surface area contributed by atoms with Gasteiger partial charge in [-0.25, -0.2) is 5.10 Å². The molecule has 0 aliphatic carbocycles. The van der Waals surface area contributed by atoms with Crippen molar-refractivity contribution >= 4 is 23.2 Å². The van der Waals surface area contributed by atoms with Gasteiger partial charge in [-0.2, -0.15) is 5.10 Å². The van der Waals surface area contributed by atoms with Crippen molar-refractivity contribution in [3.05, 3.63) is 50.6 Å². The fraction of sp³-hybridized carbons (Fsp3) is 0.167. The third-order valence-electron chi connectivity index (χ3n) is 2.35. The first kappa shape index (κ1) is 13.9. The molecule has 8 heteroatoms. The van der Waals surface area contributed by atoms with Crippen LogP contribution < -0.4 is 16.2 Å². The molecule has 0 spiro atoms. The van der Waals surface area contributed by atoms with E-state index in [-0.39, 0.29) is 23.7 Å². The van der Waals surface area contributed by atoms with Gasteiger partial charge in [0.1, 0.15) is 5.69 Å². The maximum Gasteiger partial charge on any atom is 0.271 e. The van der Waals surface area contributed by atoms with E-state index in [0.29, 0.717) is 11.4 Å². The van der Waals surface area contributed by atoms with Crippen LogP contribution in [0, 0.1) is 0 Å². The minimum Gasteiger partial charge on any atom is -0.350 e. The normalized spacial score (nSPS) is 10.0. The number of hydrogen-bond acceptors (Lipinski definition) is 5. The number of nitrogens with one attached hydrogen (secondary N) is 3. The molecule has 0 aliphatic rings. The number of aromatic nitrogens is 2. The average molecular weight is 292 g/mol. The van der Waals surface area contributed by atoms with E-state index in [1.807, 2.05) is 5.38 Å². The molecule has 0 saturated carbocycles. The zero-order valence-corrected chi connectivity index (χ0v) is 11.2. The van der Waals surface area contributed by atoms with Gasteiger partial charge < -0.3 is 10.6 Å². The summed E-state index contributed by atoms with van der Waals surface area (Å²) in [5, 5.41) is 12.9. The fourth-order valence-corrected chi connectivity index (χ4v) is 2.05. The minimum atomic E-state index is -0.411. The van der Waals surface area contributed by atoms with Crippen molar-refractivity contribution in [3.63, 3.8) is 0 Å². The molecule has 0 radical (unpaired) electrons. The highest BCUT2D eigenvalue weighted by Gasteiger charge is 2.08. The van der Waals surface area contributed by atoms with E-state index in [1.165, 1.54) is 23.5 Å². The van der Waals surface area contributed by atoms with Gasteiger partial charge in [0.2, 0.25) is 0 Å². The van der Waals surface area contributed by atoms with Crippen molar-refractivity contribution in [2.45, 2.75) is 0 Å². The fourth-order valence-electron chi connectivity index (χ4n) is 1.41. The van der Waals surface area contributed by atoms with Crippen LogP contribution in [0.1, 0.15) is 20.2 Å². The van der Waals surface area contributed by atoms with Gasteiger partial charge in [0, 0.05) is 19.2 Å². The predicted molar refractivity (Wildman–Crippen MR) is 73.8 cm³/mol. The first-order chi connectivity index (χ1) is 9.66. The second kappa shape index (κ2) is 6.62. The van der Waals surface area contributed by atoms with E-state index >= 15 is 0 Å². The van der Waals surface area contributed by atoms with E-state index in [9.17, 15) is 14.4 Å². The van der Waals surface area contributed by atoms with Crippen LogP contribution in [0.2, 0.25) is 0 Å². The standard InChI is InChI=1S/C12H12N4O3S/c17-10-4-3-8(15-16-10)11(18)13-5-6-14-12(19)9-2-1-7-20-9/h1-4,7H,5-6H2,(H,13,18)(H,14,19)(H,16,17). The van der Waals surface area contributed by atoms with Gasteiger partial charge in [-0.15, -0.1) is 11.3 Å². The summed E-state index contributed by atoms with van der Waals surface area (Å²) in [5.74, 6) is -0.581. The van der Waals surface area contributed by atoms with Crippen molar-refractivity contribution in [1.29, 1.82) is 0 Å².